The Morgan fingerprint density at radius 3 is 1.82 bits per heavy atom. The Kier molecular flexibility index (Phi) is 3.70. The van der Waals surface area contributed by atoms with Gasteiger partial charge in [-0.05, 0) is 18.3 Å². The van der Waals surface area contributed by atoms with Crippen molar-refractivity contribution in [3.05, 3.63) is 0 Å². The second kappa shape index (κ2) is 4.43. The van der Waals surface area contributed by atoms with Crippen LogP contribution in [0.25, 0.3) is 0 Å². The smallest absolute Gasteiger partial charge is 0.223 e. The molecule has 1 atom stereocenters. The van der Waals surface area contributed by atoms with Gasteiger partial charge in [0.25, 0.3) is 0 Å². The van der Waals surface area contributed by atoms with Crippen molar-refractivity contribution in [1.82, 2.24) is 5.32 Å². The van der Waals surface area contributed by atoms with Crippen LogP contribution in [0.5, 0.6) is 0 Å². The summed E-state index contributed by atoms with van der Waals surface area (Å²) in [4.78, 5) is 24.2. The lowest BCUT2D eigenvalue weighted by Gasteiger charge is -2.34. The van der Waals surface area contributed by atoms with Crippen molar-refractivity contribution in [3.63, 3.8) is 0 Å². The second-order valence-electron chi connectivity index (χ2n) is 7.20. The quantitative estimate of drug-likeness (QED) is 0.822. The summed E-state index contributed by atoms with van der Waals surface area (Å²) in [5, 5.41) is 2.94. The van der Waals surface area contributed by atoms with Crippen molar-refractivity contribution >= 4 is 11.7 Å². The van der Waals surface area contributed by atoms with E-state index in [-0.39, 0.29) is 23.0 Å². The molecule has 0 aliphatic heterocycles. The maximum absolute atomic E-state index is 12.4. The number of rotatable bonds is 3. The van der Waals surface area contributed by atoms with Gasteiger partial charge in [-0.2, -0.15) is 0 Å². The number of carbonyl (C=O) groups is 2. The number of amides is 1. The Morgan fingerprint density at radius 1 is 1.06 bits per heavy atom. The summed E-state index contributed by atoms with van der Waals surface area (Å²) in [5.74, 6) is 0.300. The summed E-state index contributed by atoms with van der Waals surface area (Å²) in [6, 6.07) is -0.393. The van der Waals surface area contributed by atoms with E-state index in [1.54, 1.807) is 0 Å². The van der Waals surface area contributed by atoms with Crippen molar-refractivity contribution in [3.8, 4) is 0 Å². The van der Waals surface area contributed by atoms with E-state index in [4.69, 9.17) is 0 Å². The molecule has 0 aromatic heterocycles. The van der Waals surface area contributed by atoms with Gasteiger partial charge in [-0.25, -0.2) is 0 Å². The molecule has 0 saturated heterocycles. The second-order valence-corrected chi connectivity index (χ2v) is 7.20. The predicted molar refractivity (Wildman–Crippen MR) is 68.6 cm³/mol. The SMILES string of the molecule is CC(C)(C)C(=O)[C@@H](NC(=O)C1CC1)C(C)(C)C. The molecule has 3 heteroatoms. The van der Waals surface area contributed by atoms with Crippen LogP contribution >= 0.6 is 0 Å². The Hall–Kier alpha value is -0.860. The Labute approximate surface area is 104 Å². The van der Waals surface area contributed by atoms with Crippen molar-refractivity contribution < 1.29 is 9.59 Å². The van der Waals surface area contributed by atoms with Crippen LogP contribution in [0.3, 0.4) is 0 Å². The fourth-order valence-electron chi connectivity index (χ4n) is 1.71. The third-order valence-electron chi connectivity index (χ3n) is 3.10. The van der Waals surface area contributed by atoms with Gasteiger partial charge in [0, 0.05) is 11.3 Å². The molecule has 0 heterocycles. The summed E-state index contributed by atoms with van der Waals surface area (Å²) >= 11 is 0. The van der Waals surface area contributed by atoms with Crippen LogP contribution in [-0.2, 0) is 9.59 Å². The average Bonchev–Trinajstić information content (AvgIpc) is 2.91. The number of hydrogen-bond acceptors (Lipinski definition) is 2. The summed E-state index contributed by atoms with van der Waals surface area (Å²) < 4.78 is 0. The van der Waals surface area contributed by atoms with Gasteiger partial charge in [0.2, 0.25) is 5.91 Å². The lowest BCUT2D eigenvalue weighted by atomic mass is 9.75. The molecule has 0 aromatic rings. The van der Waals surface area contributed by atoms with Crippen molar-refractivity contribution in [1.29, 1.82) is 0 Å². The van der Waals surface area contributed by atoms with E-state index < -0.39 is 11.5 Å². The van der Waals surface area contributed by atoms with Crippen molar-refractivity contribution in [2.24, 2.45) is 16.7 Å². The van der Waals surface area contributed by atoms with Crippen molar-refractivity contribution in [2.45, 2.75) is 60.4 Å². The minimum atomic E-state index is -0.422. The van der Waals surface area contributed by atoms with Crippen LogP contribution in [0, 0.1) is 16.7 Å². The molecule has 1 aliphatic rings. The summed E-state index contributed by atoms with van der Waals surface area (Å²) in [6.45, 7) is 11.7. The third kappa shape index (κ3) is 3.83. The van der Waals surface area contributed by atoms with E-state index in [1.165, 1.54) is 0 Å². The maximum Gasteiger partial charge on any atom is 0.223 e. The highest BCUT2D eigenvalue weighted by atomic mass is 16.2. The summed E-state index contributed by atoms with van der Waals surface area (Å²) in [7, 11) is 0. The molecule has 1 amide bonds. The standard InChI is InChI=1S/C14H25NO2/c1-13(2,3)10(11(16)14(4,5)6)15-12(17)9-7-8-9/h9-10H,7-8H2,1-6H3,(H,15,17)/t10-/m1/s1. The summed E-state index contributed by atoms with van der Waals surface area (Å²) in [6.07, 6.45) is 1.93. The van der Waals surface area contributed by atoms with E-state index in [0.717, 1.165) is 12.8 Å². The Balaban J connectivity index is 2.80. The zero-order valence-corrected chi connectivity index (χ0v) is 11.9. The molecule has 1 rings (SSSR count). The predicted octanol–water partition coefficient (Wildman–Crippen LogP) is 2.54. The average molecular weight is 239 g/mol. The highest BCUT2D eigenvalue weighted by Crippen LogP contribution is 2.32. The van der Waals surface area contributed by atoms with Crippen LogP contribution in [0.2, 0.25) is 0 Å². The first-order valence-electron chi connectivity index (χ1n) is 6.38. The Bertz CT molecular complexity index is 316. The molecule has 0 spiro atoms. The van der Waals surface area contributed by atoms with Gasteiger partial charge in [-0.15, -0.1) is 0 Å². The van der Waals surface area contributed by atoms with E-state index >= 15 is 0 Å². The maximum atomic E-state index is 12.4. The van der Waals surface area contributed by atoms with E-state index in [1.807, 2.05) is 41.5 Å². The van der Waals surface area contributed by atoms with Gasteiger partial charge in [-0.3, -0.25) is 9.59 Å². The van der Waals surface area contributed by atoms with Crippen LogP contribution < -0.4 is 5.32 Å². The fourth-order valence-corrected chi connectivity index (χ4v) is 1.71. The fraction of sp³-hybridized carbons (Fsp3) is 0.857. The molecule has 17 heavy (non-hydrogen) atoms. The molecule has 0 aromatic carbocycles. The van der Waals surface area contributed by atoms with Gasteiger partial charge in [-0.1, -0.05) is 41.5 Å². The molecular weight excluding hydrogens is 214 g/mol. The lowest BCUT2D eigenvalue weighted by Crippen LogP contribution is -2.53. The molecule has 98 valence electrons. The monoisotopic (exact) mass is 239 g/mol. The Morgan fingerprint density at radius 2 is 1.53 bits per heavy atom. The van der Waals surface area contributed by atoms with Crippen LogP contribution in [-0.4, -0.2) is 17.7 Å². The lowest BCUT2D eigenvalue weighted by molar-refractivity contribution is -0.135. The van der Waals surface area contributed by atoms with Crippen LogP contribution in [0.1, 0.15) is 54.4 Å². The molecule has 1 N–H and O–H groups in total. The molecule has 1 saturated carbocycles. The van der Waals surface area contributed by atoms with Gasteiger partial charge in [0.1, 0.15) is 0 Å². The highest BCUT2D eigenvalue weighted by Gasteiger charge is 2.40. The number of carbonyl (C=O) groups excluding carboxylic acids is 2. The van der Waals surface area contributed by atoms with Crippen molar-refractivity contribution in [2.75, 3.05) is 0 Å². The van der Waals surface area contributed by atoms with E-state index in [2.05, 4.69) is 5.32 Å². The first-order chi connectivity index (χ1) is 7.53. The topological polar surface area (TPSA) is 46.2 Å². The zero-order valence-electron chi connectivity index (χ0n) is 11.9. The zero-order chi connectivity index (χ0) is 13.4. The molecule has 1 fully saturated rings. The molecule has 1 aliphatic carbocycles. The van der Waals surface area contributed by atoms with Gasteiger partial charge in [0.15, 0.2) is 5.78 Å². The number of hydrogen-bond donors (Lipinski definition) is 1. The van der Waals surface area contributed by atoms with Gasteiger partial charge < -0.3 is 5.32 Å². The molecular formula is C14H25NO2. The first kappa shape index (κ1) is 14.2. The molecule has 0 radical (unpaired) electrons. The minimum Gasteiger partial charge on any atom is -0.345 e. The number of nitrogens with one attached hydrogen (secondary N) is 1. The van der Waals surface area contributed by atoms with Crippen LogP contribution in [0.4, 0.5) is 0 Å². The van der Waals surface area contributed by atoms with E-state index in [0.29, 0.717) is 0 Å². The molecule has 3 nitrogen and oxygen atoms in total. The first-order valence-corrected chi connectivity index (χ1v) is 6.38. The minimum absolute atomic E-state index is 0.0440. The normalized spacial score (nSPS) is 18.7. The highest BCUT2D eigenvalue weighted by molar-refractivity contribution is 5.93. The van der Waals surface area contributed by atoms with E-state index in [9.17, 15) is 9.59 Å². The third-order valence-corrected chi connectivity index (χ3v) is 3.10. The van der Waals surface area contributed by atoms with Gasteiger partial charge in [0.05, 0.1) is 6.04 Å². The number of ketones is 1. The van der Waals surface area contributed by atoms with Crippen LogP contribution in [0.15, 0.2) is 0 Å². The summed E-state index contributed by atoms with van der Waals surface area (Å²) in [5.41, 5.74) is -0.663. The molecule has 0 unspecified atom stereocenters. The van der Waals surface area contributed by atoms with Gasteiger partial charge >= 0.3 is 0 Å². The number of Topliss-reactive ketones (excluding diaryl/α,β-unsaturated/α-hetero) is 1. The largest absolute Gasteiger partial charge is 0.345 e. The molecule has 0 bridgehead atoms.